The molecular formula is C29H45FN2O. The second kappa shape index (κ2) is 15.8. The third-order valence-corrected chi connectivity index (χ3v) is 6.22. The highest BCUT2D eigenvalue weighted by Crippen LogP contribution is 2.24. The Morgan fingerprint density at radius 2 is 1.52 bits per heavy atom. The van der Waals surface area contributed by atoms with Crippen molar-refractivity contribution >= 4 is 0 Å². The highest BCUT2D eigenvalue weighted by Gasteiger charge is 2.11. The second-order valence-corrected chi connectivity index (χ2v) is 10.0. The minimum absolute atomic E-state index is 0.335. The van der Waals surface area contributed by atoms with Crippen molar-refractivity contribution in [2.45, 2.75) is 105 Å². The van der Waals surface area contributed by atoms with Crippen LogP contribution in [-0.4, -0.2) is 16.6 Å². The molecule has 2 aromatic rings. The highest BCUT2D eigenvalue weighted by molar-refractivity contribution is 5.57. The molecule has 0 saturated carbocycles. The van der Waals surface area contributed by atoms with Gasteiger partial charge in [-0.15, -0.1) is 0 Å². The fourth-order valence-electron chi connectivity index (χ4n) is 4.17. The summed E-state index contributed by atoms with van der Waals surface area (Å²) in [5, 5.41) is 0. The van der Waals surface area contributed by atoms with Crippen LogP contribution in [0.4, 0.5) is 4.39 Å². The molecule has 0 saturated heterocycles. The van der Waals surface area contributed by atoms with E-state index >= 15 is 0 Å². The standard InChI is InChI=1S/C29H45FN2O/c1-5-6-7-8-9-10-11-12-18-33-26-16-17-27(28(30)20-26)29-31-21-25(22-32-29)19-24(4)15-13-14-23(2)3/h16-17,20-24H,5-15,18-19H2,1-4H3. The van der Waals surface area contributed by atoms with Crippen LogP contribution in [0.2, 0.25) is 0 Å². The minimum atomic E-state index is -0.335. The van der Waals surface area contributed by atoms with Crippen LogP contribution in [0.3, 0.4) is 0 Å². The molecule has 1 aromatic carbocycles. The fourth-order valence-corrected chi connectivity index (χ4v) is 4.17. The van der Waals surface area contributed by atoms with Crippen molar-refractivity contribution in [3.63, 3.8) is 0 Å². The maximum atomic E-state index is 14.7. The molecule has 1 aromatic heterocycles. The van der Waals surface area contributed by atoms with Crippen LogP contribution in [0.1, 0.15) is 104 Å². The molecule has 0 spiro atoms. The topological polar surface area (TPSA) is 35.0 Å². The van der Waals surface area contributed by atoms with Gasteiger partial charge in [0.15, 0.2) is 5.82 Å². The van der Waals surface area contributed by atoms with Crippen molar-refractivity contribution in [1.29, 1.82) is 0 Å². The van der Waals surface area contributed by atoms with Crippen molar-refractivity contribution < 1.29 is 9.13 Å². The lowest BCUT2D eigenvalue weighted by molar-refractivity contribution is 0.303. The molecule has 2 rings (SSSR count). The molecule has 0 fully saturated rings. The molecular weight excluding hydrogens is 411 g/mol. The second-order valence-electron chi connectivity index (χ2n) is 10.0. The number of benzene rings is 1. The van der Waals surface area contributed by atoms with Crippen LogP contribution < -0.4 is 4.74 Å². The number of hydrogen-bond acceptors (Lipinski definition) is 3. The molecule has 4 heteroatoms. The summed E-state index contributed by atoms with van der Waals surface area (Å²) >= 11 is 0. The predicted octanol–water partition coefficient (Wildman–Crippen LogP) is 8.81. The number of ether oxygens (including phenoxy) is 1. The monoisotopic (exact) mass is 456 g/mol. The van der Waals surface area contributed by atoms with Crippen molar-refractivity contribution in [1.82, 2.24) is 9.97 Å². The van der Waals surface area contributed by atoms with Crippen molar-refractivity contribution in [2.24, 2.45) is 11.8 Å². The zero-order chi connectivity index (χ0) is 23.9. The molecule has 1 heterocycles. The zero-order valence-corrected chi connectivity index (χ0v) is 21.4. The van der Waals surface area contributed by atoms with E-state index in [9.17, 15) is 4.39 Å². The van der Waals surface area contributed by atoms with Gasteiger partial charge in [0.1, 0.15) is 11.6 Å². The van der Waals surface area contributed by atoms with Crippen LogP contribution in [0.25, 0.3) is 11.4 Å². The average Bonchev–Trinajstić information content (AvgIpc) is 2.78. The number of halogens is 1. The predicted molar refractivity (Wildman–Crippen MR) is 137 cm³/mol. The lowest BCUT2D eigenvalue weighted by Crippen LogP contribution is -2.03. The van der Waals surface area contributed by atoms with E-state index in [0.29, 0.717) is 29.7 Å². The van der Waals surface area contributed by atoms with E-state index in [1.807, 2.05) is 18.5 Å². The highest BCUT2D eigenvalue weighted by atomic mass is 19.1. The summed E-state index contributed by atoms with van der Waals surface area (Å²) in [5.41, 5.74) is 1.53. The van der Waals surface area contributed by atoms with Crippen molar-refractivity contribution in [3.05, 3.63) is 42.0 Å². The lowest BCUT2D eigenvalue weighted by atomic mass is 9.95. The fraction of sp³-hybridized carbons (Fsp3) is 0.655. The maximum Gasteiger partial charge on any atom is 0.162 e. The summed E-state index contributed by atoms with van der Waals surface area (Å²) in [6, 6.07) is 4.99. The molecule has 0 aliphatic carbocycles. The Balaban J connectivity index is 1.75. The summed E-state index contributed by atoms with van der Waals surface area (Å²) in [6.07, 6.45) is 18.5. The Hall–Kier alpha value is -1.97. The first-order chi connectivity index (χ1) is 16.0. The number of unbranched alkanes of at least 4 members (excludes halogenated alkanes) is 7. The van der Waals surface area contributed by atoms with Crippen molar-refractivity contribution in [2.75, 3.05) is 6.61 Å². The molecule has 33 heavy (non-hydrogen) atoms. The molecule has 1 unspecified atom stereocenters. The maximum absolute atomic E-state index is 14.7. The smallest absolute Gasteiger partial charge is 0.162 e. The number of rotatable bonds is 17. The normalized spacial score (nSPS) is 12.3. The quantitative estimate of drug-likeness (QED) is 0.223. The van der Waals surface area contributed by atoms with E-state index in [1.165, 1.54) is 70.3 Å². The SMILES string of the molecule is CCCCCCCCCCOc1ccc(-c2ncc(CC(C)CCCC(C)C)cn2)c(F)c1. The van der Waals surface area contributed by atoms with Gasteiger partial charge >= 0.3 is 0 Å². The van der Waals surface area contributed by atoms with Gasteiger partial charge in [-0.1, -0.05) is 91.9 Å². The number of aromatic nitrogens is 2. The molecule has 0 radical (unpaired) electrons. The van der Waals surface area contributed by atoms with Crippen molar-refractivity contribution in [3.8, 4) is 17.1 Å². The van der Waals surface area contributed by atoms with E-state index < -0.39 is 0 Å². The van der Waals surface area contributed by atoms with Gasteiger partial charge in [-0.2, -0.15) is 0 Å². The summed E-state index contributed by atoms with van der Waals surface area (Å²) in [4.78, 5) is 8.86. The minimum Gasteiger partial charge on any atom is -0.493 e. The third-order valence-electron chi connectivity index (χ3n) is 6.22. The third kappa shape index (κ3) is 11.1. The van der Waals surface area contributed by atoms with Crippen LogP contribution >= 0.6 is 0 Å². The molecule has 0 aliphatic heterocycles. The average molecular weight is 457 g/mol. The van der Waals surface area contributed by atoms with Gasteiger partial charge in [0.2, 0.25) is 0 Å². The van der Waals surface area contributed by atoms with Gasteiger partial charge in [-0.05, 0) is 42.4 Å². The van der Waals surface area contributed by atoms with Gasteiger partial charge in [0.05, 0.1) is 12.2 Å². The Bertz CT molecular complexity index is 776. The summed E-state index contributed by atoms with van der Waals surface area (Å²) in [7, 11) is 0. The summed E-state index contributed by atoms with van der Waals surface area (Å²) in [5.74, 6) is 2.03. The lowest BCUT2D eigenvalue weighted by Gasteiger charge is -2.12. The summed E-state index contributed by atoms with van der Waals surface area (Å²) < 4.78 is 20.4. The van der Waals surface area contributed by atoms with Gasteiger partial charge < -0.3 is 4.74 Å². The molecule has 3 nitrogen and oxygen atoms in total. The molecule has 0 N–H and O–H groups in total. The van der Waals surface area contributed by atoms with E-state index in [2.05, 4.69) is 37.7 Å². The number of nitrogens with zero attached hydrogens (tertiary/aromatic N) is 2. The Morgan fingerprint density at radius 3 is 2.15 bits per heavy atom. The van der Waals surface area contributed by atoms with Crippen LogP contribution in [0.5, 0.6) is 5.75 Å². The first kappa shape index (κ1) is 27.3. The van der Waals surface area contributed by atoms with Gasteiger partial charge in [0, 0.05) is 18.5 Å². The molecule has 184 valence electrons. The first-order valence-corrected chi connectivity index (χ1v) is 13.2. The van der Waals surface area contributed by atoms with E-state index in [1.54, 1.807) is 6.07 Å². The van der Waals surface area contributed by atoms with Gasteiger partial charge in [-0.25, -0.2) is 14.4 Å². The largest absolute Gasteiger partial charge is 0.493 e. The van der Waals surface area contributed by atoms with E-state index in [0.717, 1.165) is 24.3 Å². The Morgan fingerprint density at radius 1 is 0.848 bits per heavy atom. The van der Waals surface area contributed by atoms with Crippen LogP contribution in [0, 0.1) is 17.7 Å². The van der Waals surface area contributed by atoms with Crippen LogP contribution in [-0.2, 0) is 6.42 Å². The molecule has 0 aliphatic rings. The Kier molecular flexibility index (Phi) is 13.1. The first-order valence-electron chi connectivity index (χ1n) is 13.2. The van der Waals surface area contributed by atoms with Crippen LogP contribution in [0.15, 0.2) is 30.6 Å². The number of hydrogen-bond donors (Lipinski definition) is 0. The zero-order valence-electron chi connectivity index (χ0n) is 21.4. The van der Waals surface area contributed by atoms with E-state index in [4.69, 9.17) is 4.74 Å². The van der Waals surface area contributed by atoms with E-state index in [-0.39, 0.29) is 5.82 Å². The Labute approximate surface area is 201 Å². The van der Waals surface area contributed by atoms with Gasteiger partial charge in [0.25, 0.3) is 0 Å². The van der Waals surface area contributed by atoms with Gasteiger partial charge in [-0.3, -0.25) is 0 Å². The molecule has 1 atom stereocenters. The molecule has 0 bridgehead atoms. The summed E-state index contributed by atoms with van der Waals surface area (Å²) in [6.45, 7) is 9.69. The molecule has 0 amide bonds.